The van der Waals surface area contributed by atoms with Crippen molar-refractivity contribution >= 4 is 63.9 Å². The van der Waals surface area contributed by atoms with Gasteiger partial charge in [0.1, 0.15) is 11.6 Å². The Balaban J connectivity index is 0.00000225. The molecule has 0 atom stereocenters. The number of nitrogens with zero attached hydrogens (tertiary/aromatic N) is 4. The maximum atomic E-state index is 10.3. The first-order chi connectivity index (χ1) is 22.7. The van der Waals surface area contributed by atoms with Crippen molar-refractivity contribution < 1.29 is 9.84 Å². The number of rotatable bonds is 11. The van der Waals surface area contributed by atoms with Gasteiger partial charge < -0.3 is 30.3 Å². The fraction of sp³-hybridized carbons (Fsp3) is 0.368. The van der Waals surface area contributed by atoms with E-state index < -0.39 is 0 Å². The molecule has 3 heterocycles. The molecule has 4 aromatic carbocycles. The number of anilines is 3. The van der Waals surface area contributed by atoms with Gasteiger partial charge in [0, 0.05) is 55.4 Å². The normalized spacial score (nSPS) is 15.2. The van der Waals surface area contributed by atoms with Crippen LogP contribution in [0.4, 0.5) is 17.5 Å². The van der Waals surface area contributed by atoms with Crippen LogP contribution in [0.1, 0.15) is 30.4 Å². The summed E-state index contributed by atoms with van der Waals surface area (Å²) in [4.78, 5) is 14.9. The number of para-hydroxylation sites is 1. The van der Waals surface area contributed by atoms with E-state index in [4.69, 9.17) is 14.7 Å². The lowest BCUT2D eigenvalue weighted by molar-refractivity contribution is 0.207. The molecule has 0 unspecified atom stereocenters. The SMILES string of the molecule is Cl.Cl.OCc1cc2c(NCCCc3cccc4ccccc34)nc(N3CCN(c4ccccc4)CC3)nc2cc1OCC1CCNCC1. The minimum atomic E-state index is -0.0960. The molecule has 2 aliphatic heterocycles. The van der Waals surface area contributed by atoms with Crippen LogP contribution in [0.2, 0.25) is 0 Å². The van der Waals surface area contributed by atoms with Gasteiger partial charge in [-0.25, -0.2) is 4.98 Å². The number of hydrogen-bond acceptors (Lipinski definition) is 8. The van der Waals surface area contributed by atoms with E-state index in [2.05, 4.69) is 93.2 Å². The van der Waals surface area contributed by atoms with Gasteiger partial charge >= 0.3 is 0 Å². The first-order valence-corrected chi connectivity index (χ1v) is 16.8. The minimum absolute atomic E-state index is 0. The topological polar surface area (TPSA) is 85.8 Å². The summed E-state index contributed by atoms with van der Waals surface area (Å²) in [7, 11) is 0. The quantitative estimate of drug-likeness (QED) is 0.130. The van der Waals surface area contributed by atoms with Gasteiger partial charge in [0.2, 0.25) is 5.95 Å². The Hall–Kier alpha value is -3.82. The molecule has 48 heavy (non-hydrogen) atoms. The molecule has 0 radical (unpaired) electrons. The van der Waals surface area contributed by atoms with Crippen LogP contribution in [-0.4, -0.2) is 67.5 Å². The Bertz CT molecular complexity index is 1760. The number of aliphatic hydroxyl groups excluding tert-OH is 1. The molecule has 2 aliphatic rings. The van der Waals surface area contributed by atoms with Crippen LogP contribution in [0, 0.1) is 5.92 Å². The van der Waals surface area contributed by atoms with E-state index in [0.29, 0.717) is 18.3 Å². The highest BCUT2D eigenvalue weighted by Crippen LogP contribution is 2.32. The summed E-state index contributed by atoms with van der Waals surface area (Å²) < 4.78 is 6.36. The maximum absolute atomic E-state index is 10.3. The Kier molecular flexibility index (Phi) is 12.6. The fourth-order valence-electron chi connectivity index (χ4n) is 6.78. The summed E-state index contributed by atoms with van der Waals surface area (Å²) in [6.45, 7) is 6.90. The monoisotopic (exact) mass is 688 g/mol. The van der Waals surface area contributed by atoms with Crippen molar-refractivity contribution in [3.05, 3.63) is 96.1 Å². The molecule has 0 spiro atoms. The van der Waals surface area contributed by atoms with E-state index in [1.807, 2.05) is 12.1 Å². The number of nitrogens with one attached hydrogen (secondary N) is 2. The Morgan fingerprint density at radius 3 is 2.31 bits per heavy atom. The smallest absolute Gasteiger partial charge is 0.228 e. The zero-order valence-corrected chi connectivity index (χ0v) is 28.9. The highest BCUT2D eigenvalue weighted by atomic mass is 35.5. The molecule has 2 saturated heterocycles. The Morgan fingerprint density at radius 2 is 1.52 bits per heavy atom. The standard InChI is InChI=1S/C38H44N6O2.2ClH/c45-26-31-24-34-35(25-36(31)46-27-28-15-18-39-19-16-28)41-38(44-22-20-43(21-23-44)32-12-2-1-3-13-32)42-37(34)40-17-7-11-30-10-6-9-29-8-4-5-14-33(29)30;;/h1-6,8-10,12-14,24-25,28,39,45H,7,11,15-23,26-27H2,(H,40,41,42);2*1H. The van der Waals surface area contributed by atoms with E-state index in [0.717, 1.165) is 99.7 Å². The molecule has 7 rings (SSSR count). The molecule has 3 N–H and O–H groups in total. The number of aliphatic hydroxyl groups is 1. The summed E-state index contributed by atoms with van der Waals surface area (Å²) in [5, 5.41) is 20.9. The van der Waals surface area contributed by atoms with Gasteiger partial charge in [-0.2, -0.15) is 4.98 Å². The van der Waals surface area contributed by atoms with Crippen molar-refractivity contribution in [1.29, 1.82) is 0 Å². The largest absolute Gasteiger partial charge is 0.493 e. The number of piperazine rings is 1. The number of benzene rings is 4. The molecule has 2 fully saturated rings. The molecule has 0 saturated carbocycles. The molecule has 10 heteroatoms. The number of aromatic nitrogens is 2. The third-order valence-electron chi connectivity index (χ3n) is 9.45. The highest BCUT2D eigenvalue weighted by molar-refractivity contribution is 5.92. The number of piperidine rings is 1. The second kappa shape index (κ2) is 17.0. The molecular formula is C38H46Cl2N6O2. The number of halogens is 2. The molecule has 1 aromatic heterocycles. The van der Waals surface area contributed by atoms with Crippen LogP contribution >= 0.6 is 24.8 Å². The summed E-state index contributed by atoms with van der Waals surface area (Å²) in [6, 6.07) is 29.8. The number of hydrogen-bond donors (Lipinski definition) is 3. The third-order valence-corrected chi connectivity index (χ3v) is 9.45. The molecule has 0 amide bonds. The van der Waals surface area contributed by atoms with Gasteiger partial charge in [0.25, 0.3) is 0 Å². The summed E-state index contributed by atoms with van der Waals surface area (Å²) >= 11 is 0. The fourth-order valence-corrected chi connectivity index (χ4v) is 6.78. The summed E-state index contributed by atoms with van der Waals surface area (Å²) in [5.74, 6) is 2.78. The lowest BCUT2D eigenvalue weighted by Gasteiger charge is -2.36. The van der Waals surface area contributed by atoms with Crippen molar-refractivity contribution in [3.8, 4) is 5.75 Å². The molecular weight excluding hydrogens is 643 g/mol. The third kappa shape index (κ3) is 8.24. The van der Waals surface area contributed by atoms with Crippen molar-refractivity contribution in [1.82, 2.24) is 15.3 Å². The summed E-state index contributed by atoms with van der Waals surface area (Å²) in [5.41, 5.74) is 4.22. The van der Waals surface area contributed by atoms with Crippen molar-refractivity contribution in [3.63, 3.8) is 0 Å². The van der Waals surface area contributed by atoms with E-state index in [-0.39, 0.29) is 31.4 Å². The van der Waals surface area contributed by atoms with Crippen LogP contribution in [0.15, 0.2) is 84.9 Å². The number of aryl methyl sites for hydroxylation is 1. The predicted molar refractivity (Wildman–Crippen MR) is 203 cm³/mol. The van der Waals surface area contributed by atoms with Gasteiger partial charge in [-0.1, -0.05) is 60.7 Å². The second-order valence-electron chi connectivity index (χ2n) is 12.5. The van der Waals surface area contributed by atoms with Gasteiger partial charge in [0.05, 0.1) is 18.7 Å². The van der Waals surface area contributed by atoms with Crippen molar-refractivity contribution in [2.24, 2.45) is 5.92 Å². The maximum Gasteiger partial charge on any atom is 0.228 e. The molecule has 0 bridgehead atoms. The zero-order valence-electron chi connectivity index (χ0n) is 27.3. The lowest BCUT2D eigenvalue weighted by Crippen LogP contribution is -2.47. The molecule has 8 nitrogen and oxygen atoms in total. The predicted octanol–water partition coefficient (Wildman–Crippen LogP) is 6.87. The minimum Gasteiger partial charge on any atom is -0.493 e. The average Bonchev–Trinajstić information content (AvgIpc) is 3.13. The van der Waals surface area contributed by atoms with Crippen LogP contribution in [-0.2, 0) is 13.0 Å². The number of ether oxygens (including phenoxy) is 1. The lowest BCUT2D eigenvalue weighted by atomic mass is 9.99. The van der Waals surface area contributed by atoms with Crippen LogP contribution in [0.25, 0.3) is 21.7 Å². The molecule has 0 aliphatic carbocycles. The highest BCUT2D eigenvalue weighted by Gasteiger charge is 2.22. The average molecular weight is 690 g/mol. The van der Waals surface area contributed by atoms with Gasteiger partial charge in [-0.15, -0.1) is 24.8 Å². The van der Waals surface area contributed by atoms with Crippen LogP contribution in [0.3, 0.4) is 0 Å². The van der Waals surface area contributed by atoms with E-state index >= 15 is 0 Å². The van der Waals surface area contributed by atoms with Crippen LogP contribution < -0.4 is 25.2 Å². The van der Waals surface area contributed by atoms with Crippen molar-refractivity contribution in [2.45, 2.75) is 32.3 Å². The van der Waals surface area contributed by atoms with Crippen LogP contribution in [0.5, 0.6) is 5.75 Å². The first-order valence-electron chi connectivity index (χ1n) is 16.8. The zero-order chi connectivity index (χ0) is 31.1. The molecule has 5 aromatic rings. The number of fused-ring (bicyclic) bond motifs is 2. The molecule has 254 valence electrons. The summed E-state index contributed by atoms with van der Waals surface area (Å²) in [6.07, 6.45) is 4.16. The van der Waals surface area contributed by atoms with Gasteiger partial charge in [-0.3, -0.25) is 0 Å². The Morgan fingerprint density at radius 1 is 0.792 bits per heavy atom. The van der Waals surface area contributed by atoms with E-state index in [1.54, 1.807) is 0 Å². The van der Waals surface area contributed by atoms with Gasteiger partial charge in [0.15, 0.2) is 0 Å². The second-order valence-corrected chi connectivity index (χ2v) is 12.5. The van der Waals surface area contributed by atoms with Gasteiger partial charge in [-0.05, 0) is 79.2 Å². The Labute approximate surface area is 295 Å². The van der Waals surface area contributed by atoms with E-state index in [9.17, 15) is 5.11 Å². The van der Waals surface area contributed by atoms with E-state index in [1.165, 1.54) is 22.0 Å². The van der Waals surface area contributed by atoms with Crippen molar-refractivity contribution in [2.75, 3.05) is 67.5 Å². The first kappa shape index (κ1) is 35.5.